The summed E-state index contributed by atoms with van der Waals surface area (Å²) in [6.45, 7) is 0.270. The Kier molecular flexibility index (Phi) is 1.87. The second-order valence-corrected chi connectivity index (χ2v) is 3.53. The molecule has 0 saturated carbocycles. The summed E-state index contributed by atoms with van der Waals surface area (Å²) in [5, 5.41) is 6.09. The van der Waals surface area contributed by atoms with Gasteiger partial charge in [0.2, 0.25) is 0 Å². The van der Waals surface area contributed by atoms with Gasteiger partial charge in [-0.15, -0.1) is 11.3 Å². The lowest BCUT2D eigenvalue weighted by atomic mass is 10.2. The van der Waals surface area contributed by atoms with Crippen molar-refractivity contribution in [1.82, 2.24) is 0 Å². The van der Waals surface area contributed by atoms with E-state index in [1.54, 1.807) is 11.3 Å². The monoisotopic (exact) mass is 177 g/mol. The van der Waals surface area contributed by atoms with Gasteiger partial charge in [0.25, 0.3) is 0 Å². The average Bonchev–Trinajstić information content (AvgIpc) is 2.51. The van der Waals surface area contributed by atoms with Crippen LogP contribution in [0, 0.1) is 4.91 Å². The summed E-state index contributed by atoms with van der Waals surface area (Å²) >= 11 is 1.71. The summed E-state index contributed by atoms with van der Waals surface area (Å²) in [6, 6.07) is 8.03. The van der Waals surface area contributed by atoms with Crippen LogP contribution in [0.5, 0.6) is 0 Å². The second kappa shape index (κ2) is 3.03. The van der Waals surface area contributed by atoms with Crippen LogP contribution >= 0.6 is 11.3 Å². The second-order valence-electron chi connectivity index (χ2n) is 2.58. The van der Waals surface area contributed by atoms with Crippen LogP contribution in [0.4, 0.5) is 0 Å². The minimum atomic E-state index is 0.270. The van der Waals surface area contributed by atoms with Gasteiger partial charge >= 0.3 is 0 Å². The molecule has 0 atom stereocenters. The third-order valence-corrected chi connectivity index (χ3v) is 2.66. The van der Waals surface area contributed by atoms with Gasteiger partial charge in [0.15, 0.2) is 0 Å². The highest BCUT2D eigenvalue weighted by molar-refractivity contribution is 7.17. The van der Waals surface area contributed by atoms with E-state index in [1.807, 2.05) is 29.6 Å². The van der Waals surface area contributed by atoms with Gasteiger partial charge in [-0.3, -0.25) is 0 Å². The zero-order valence-corrected chi connectivity index (χ0v) is 7.17. The van der Waals surface area contributed by atoms with Gasteiger partial charge in [-0.2, -0.15) is 4.91 Å². The summed E-state index contributed by atoms with van der Waals surface area (Å²) in [6.07, 6.45) is 0. The molecule has 1 heterocycles. The maximum Gasteiger partial charge on any atom is 0.106 e. The summed E-state index contributed by atoms with van der Waals surface area (Å²) in [4.78, 5) is 10.0. The van der Waals surface area contributed by atoms with E-state index in [0.29, 0.717) is 0 Å². The molecule has 0 saturated heterocycles. The van der Waals surface area contributed by atoms with Crippen LogP contribution < -0.4 is 0 Å². The number of benzene rings is 1. The quantitative estimate of drug-likeness (QED) is 0.648. The molecule has 2 nitrogen and oxygen atoms in total. The normalized spacial score (nSPS) is 10.3. The van der Waals surface area contributed by atoms with Crippen LogP contribution in [0.2, 0.25) is 0 Å². The topological polar surface area (TPSA) is 29.4 Å². The third-order valence-electron chi connectivity index (χ3n) is 1.76. The number of fused-ring (bicyclic) bond motifs is 1. The smallest absolute Gasteiger partial charge is 0.106 e. The Morgan fingerprint density at radius 2 is 2.25 bits per heavy atom. The first-order valence-electron chi connectivity index (χ1n) is 3.65. The van der Waals surface area contributed by atoms with E-state index in [4.69, 9.17) is 0 Å². The van der Waals surface area contributed by atoms with E-state index in [2.05, 4.69) is 5.18 Å². The maximum atomic E-state index is 10.0. The van der Waals surface area contributed by atoms with Gasteiger partial charge in [-0.05, 0) is 34.5 Å². The molecule has 0 fully saturated rings. The SMILES string of the molecule is O=NCc1ccc2sccc2c1. The van der Waals surface area contributed by atoms with E-state index in [-0.39, 0.29) is 6.54 Å². The maximum absolute atomic E-state index is 10.0. The van der Waals surface area contributed by atoms with Crippen molar-refractivity contribution in [3.8, 4) is 0 Å². The van der Waals surface area contributed by atoms with Gasteiger partial charge in [0, 0.05) is 4.70 Å². The molecule has 12 heavy (non-hydrogen) atoms. The van der Waals surface area contributed by atoms with Crippen molar-refractivity contribution in [3.05, 3.63) is 40.1 Å². The summed E-state index contributed by atoms with van der Waals surface area (Å²) in [5.74, 6) is 0. The standard InChI is InChI=1S/C9H7NOS/c11-10-6-7-1-2-9-8(5-7)3-4-12-9/h1-5H,6H2. The molecule has 3 heteroatoms. The first-order valence-corrected chi connectivity index (χ1v) is 4.53. The molecule has 0 aliphatic carbocycles. The molecule has 0 aliphatic rings. The average molecular weight is 177 g/mol. The van der Waals surface area contributed by atoms with Crippen molar-refractivity contribution in [3.63, 3.8) is 0 Å². The molecule has 0 amide bonds. The summed E-state index contributed by atoms with van der Waals surface area (Å²) in [7, 11) is 0. The number of nitrogens with zero attached hydrogens (tertiary/aromatic N) is 1. The van der Waals surface area contributed by atoms with Crippen molar-refractivity contribution >= 4 is 21.4 Å². The Labute approximate surface area is 73.8 Å². The zero-order chi connectivity index (χ0) is 8.39. The largest absolute Gasteiger partial charge is 0.150 e. The van der Waals surface area contributed by atoms with Gasteiger partial charge in [-0.1, -0.05) is 11.2 Å². The van der Waals surface area contributed by atoms with Crippen LogP contribution in [0.3, 0.4) is 0 Å². The van der Waals surface area contributed by atoms with E-state index in [9.17, 15) is 4.91 Å². The number of hydrogen-bond acceptors (Lipinski definition) is 3. The number of rotatable bonds is 2. The predicted molar refractivity (Wildman–Crippen MR) is 51.3 cm³/mol. The molecule has 2 aromatic rings. The Morgan fingerprint density at radius 3 is 3.08 bits per heavy atom. The molecule has 0 N–H and O–H groups in total. The van der Waals surface area contributed by atoms with E-state index in [1.165, 1.54) is 10.1 Å². The first-order chi connectivity index (χ1) is 5.90. The van der Waals surface area contributed by atoms with E-state index < -0.39 is 0 Å². The molecule has 0 aliphatic heterocycles. The van der Waals surface area contributed by atoms with Crippen LogP contribution in [0.25, 0.3) is 10.1 Å². The Bertz CT molecular complexity index is 408. The van der Waals surface area contributed by atoms with Crippen LogP contribution in [-0.2, 0) is 6.54 Å². The Morgan fingerprint density at radius 1 is 1.33 bits per heavy atom. The highest BCUT2D eigenvalue weighted by atomic mass is 32.1. The lowest BCUT2D eigenvalue weighted by Crippen LogP contribution is -1.77. The fourth-order valence-electron chi connectivity index (χ4n) is 1.19. The van der Waals surface area contributed by atoms with Crippen molar-refractivity contribution < 1.29 is 0 Å². The molecule has 0 unspecified atom stereocenters. The first kappa shape index (κ1) is 7.43. The zero-order valence-electron chi connectivity index (χ0n) is 6.36. The fourth-order valence-corrected chi connectivity index (χ4v) is 1.96. The van der Waals surface area contributed by atoms with Gasteiger partial charge in [0.1, 0.15) is 6.54 Å². The lowest BCUT2D eigenvalue weighted by Gasteiger charge is -1.93. The fraction of sp³-hybridized carbons (Fsp3) is 0.111. The molecular formula is C9H7NOS. The lowest BCUT2D eigenvalue weighted by molar-refractivity contribution is 1.06. The van der Waals surface area contributed by atoms with Gasteiger partial charge < -0.3 is 0 Å². The Balaban J connectivity index is 2.52. The van der Waals surface area contributed by atoms with Crippen LogP contribution in [0.15, 0.2) is 34.8 Å². The third kappa shape index (κ3) is 1.23. The molecule has 0 bridgehead atoms. The molecule has 1 aromatic heterocycles. The van der Waals surface area contributed by atoms with E-state index >= 15 is 0 Å². The molecule has 2 rings (SSSR count). The Hall–Kier alpha value is -1.22. The van der Waals surface area contributed by atoms with Gasteiger partial charge in [0.05, 0.1) is 0 Å². The molecule has 0 radical (unpaired) electrons. The highest BCUT2D eigenvalue weighted by Crippen LogP contribution is 2.21. The van der Waals surface area contributed by atoms with Crippen molar-refractivity contribution in [2.75, 3.05) is 0 Å². The highest BCUT2D eigenvalue weighted by Gasteiger charge is 1.96. The molecule has 60 valence electrons. The van der Waals surface area contributed by atoms with Gasteiger partial charge in [-0.25, -0.2) is 0 Å². The van der Waals surface area contributed by atoms with Crippen molar-refractivity contribution in [2.24, 2.45) is 5.18 Å². The van der Waals surface area contributed by atoms with E-state index in [0.717, 1.165) is 5.56 Å². The number of hydrogen-bond donors (Lipinski definition) is 0. The van der Waals surface area contributed by atoms with Crippen molar-refractivity contribution in [2.45, 2.75) is 6.54 Å². The van der Waals surface area contributed by atoms with Crippen molar-refractivity contribution in [1.29, 1.82) is 0 Å². The predicted octanol–water partition coefficient (Wildman–Crippen LogP) is 3.17. The van der Waals surface area contributed by atoms with Crippen LogP contribution in [0.1, 0.15) is 5.56 Å². The summed E-state index contributed by atoms with van der Waals surface area (Å²) < 4.78 is 1.25. The number of nitroso groups, excluding NO2 is 1. The minimum absolute atomic E-state index is 0.270. The molecule has 1 aromatic carbocycles. The summed E-state index contributed by atoms with van der Waals surface area (Å²) in [5.41, 5.74) is 0.982. The minimum Gasteiger partial charge on any atom is -0.150 e. The number of thiophene rings is 1. The molecular weight excluding hydrogens is 170 g/mol. The van der Waals surface area contributed by atoms with Crippen LogP contribution in [-0.4, -0.2) is 0 Å². The molecule has 0 spiro atoms.